The smallest absolute Gasteiger partial charge is 0.221 e. The second kappa shape index (κ2) is 6.01. The zero-order valence-electron chi connectivity index (χ0n) is 12.0. The van der Waals surface area contributed by atoms with E-state index in [1.807, 2.05) is 11.3 Å². The van der Waals surface area contributed by atoms with Crippen LogP contribution in [0.1, 0.15) is 4.88 Å². The lowest BCUT2D eigenvalue weighted by molar-refractivity contribution is -2.00. The van der Waals surface area contributed by atoms with E-state index in [4.69, 9.17) is 18.6 Å². The number of H-pyrrole nitrogens is 1. The molecule has 0 fully saturated rings. The first kappa shape index (κ1) is 16.1. The maximum atomic E-state index is 8.49. The fourth-order valence-corrected chi connectivity index (χ4v) is 3.76. The Morgan fingerprint density at radius 2 is 1.43 bits per heavy atom. The molecule has 7 heteroatoms. The molecule has 0 saturated carbocycles. The molecule has 0 aromatic heterocycles. The zero-order valence-corrected chi connectivity index (χ0v) is 13.6. The molecule has 0 saturated heterocycles. The number of aryl methyl sites for hydroxylation is 1. The Morgan fingerprint density at radius 1 is 0.870 bits per heavy atom. The van der Waals surface area contributed by atoms with Gasteiger partial charge in [0.05, 0.1) is 16.3 Å². The summed E-state index contributed by atoms with van der Waals surface area (Å²) in [5, 5.41) is 2.64. The van der Waals surface area contributed by atoms with Gasteiger partial charge < -0.3 is 0 Å². The van der Waals surface area contributed by atoms with Gasteiger partial charge in [-0.2, -0.15) is 0 Å². The summed E-state index contributed by atoms with van der Waals surface area (Å²) >= 11 is 1.87. The number of hydrogen-bond acceptors (Lipinski definition) is 5. The third-order valence-electron chi connectivity index (χ3n) is 3.48. The predicted octanol–water partition coefficient (Wildman–Crippen LogP) is -0.474. The van der Waals surface area contributed by atoms with Gasteiger partial charge in [0.1, 0.15) is 0 Å². The highest BCUT2D eigenvalue weighted by molar-refractivity contribution is 7.19. The van der Waals surface area contributed by atoms with Crippen molar-refractivity contribution in [2.24, 2.45) is 0 Å². The summed E-state index contributed by atoms with van der Waals surface area (Å²) in [5.41, 5.74) is 3.86. The normalized spacial score (nSPS) is 11.7. The molecule has 2 aliphatic rings. The van der Waals surface area contributed by atoms with Gasteiger partial charge in [0.25, 0.3) is 0 Å². The maximum Gasteiger partial charge on any atom is 0.221 e. The average molecular weight is 350 g/mol. The van der Waals surface area contributed by atoms with Crippen LogP contribution in [0.15, 0.2) is 48.5 Å². The maximum absolute atomic E-state index is 8.49. The fourth-order valence-electron chi connectivity index (χ4n) is 2.69. The number of nitrogens with one attached hydrogen (secondary N) is 1. The van der Waals surface area contributed by atoms with Crippen LogP contribution in [0.2, 0.25) is 0 Å². The molecule has 118 valence electrons. The van der Waals surface area contributed by atoms with E-state index < -0.39 is 10.2 Å². The van der Waals surface area contributed by atoms with Crippen LogP contribution in [0, 0.1) is 17.2 Å². The molecule has 1 N–H and O–H groups in total. The summed E-state index contributed by atoms with van der Waals surface area (Å²) in [7, 11) is -4.94. The van der Waals surface area contributed by atoms with Crippen LogP contribution in [0.4, 0.5) is 0 Å². The molecule has 2 aliphatic heterocycles. The summed E-state index contributed by atoms with van der Waals surface area (Å²) in [5.74, 6) is 0. The van der Waals surface area contributed by atoms with E-state index >= 15 is 0 Å². The van der Waals surface area contributed by atoms with Crippen molar-refractivity contribution in [1.29, 1.82) is 0 Å². The molecule has 0 amide bonds. The molecule has 0 unspecified atom stereocenters. The van der Waals surface area contributed by atoms with Gasteiger partial charge in [-0.05, 0) is 25.1 Å². The van der Waals surface area contributed by atoms with Gasteiger partial charge in [0, 0.05) is 15.6 Å². The average Bonchev–Trinajstić information content (AvgIpc) is 2.86. The van der Waals surface area contributed by atoms with Crippen molar-refractivity contribution in [2.45, 2.75) is 6.92 Å². The number of rotatable bonds is 0. The Hall–Kier alpha value is -1.80. The van der Waals surface area contributed by atoms with Gasteiger partial charge >= 0.3 is 0 Å². The van der Waals surface area contributed by atoms with Crippen LogP contribution < -0.4 is 23.6 Å². The second-order valence-corrected chi connectivity index (χ2v) is 6.97. The lowest BCUT2D eigenvalue weighted by Crippen LogP contribution is -2.68. The van der Waals surface area contributed by atoms with Crippen molar-refractivity contribution < 1.29 is 33.9 Å². The van der Waals surface area contributed by atoms with Gasteiger partial charge in [-0.1, -0.05) is 24.3 Å². The molecule has 0 bridgehead atoms. The Kier molecular flexibility index (Phi) is 4.20. The highest BCUT2D eigenvalue weighted by Gasteiger charge is 2.23. The number of para-hydroxylation sites is 1. The highest BCUT2D eigenvalue weighted by Crippen LogP contribution is 2.39. The van der Waals surface area contributed by atoms with Crippen molar-refractivity contribution >= 4 is 32.3 Å². The molecule has 0 spiro atoms. The second-order valence-electron chi connectivity index (χ2n) is 4.95. The van der Waals surface area contributed by atoms with E-state index in [1.54, 1.807) is 0 Å². The molecule has 0 atom stereocenters. The molecule has 2 heterocycles. The topological polar surface area (TPSA) is 106 Å². The van der Waals surface area contributed by atoms with E-state index in [0.717, 1.165) is 0 Å². The first-order chi connectivity index (χ1) is 10.8. The summed E-state index contributed by atoms with van der Waals surface area (Å²) in [6.07, 6.45) is 0. The van der Waals surface area contributed by atoms with Crippen LogP contribution >= 0.6 is 11.3 Å². The molecule has 0 radical (unpaired) electrons. The molecule has 5 nitrogen and oxygen atoms in total. The third kappa shape index (κ3) is 3.42. The summed E-state index contributed by atoms with van der Waals surface area (Å²) in [4.78, 5) is 4.94. The van der Waals surface area contributed by atoms with E-state index in [-0.39, 0.29) is 0 Å². The quantitative estimate of drug-likeness (QED) is 0.427. The van der Waals surface area contributed by atoms with Gasteiger partial charge in [0.2, 0.25) is 11.2 Å². The standard InChI is InChI=1S/C16H11NS.ClHO4/c1-10-15-11-6-2-4-8-13(11)17-16(15)12-7-3-5-9-14(12)18-10;2-1(3,4)5/h2-9H,1H3;(H,2,3,4,5). The Bertz CT molecular complexity index is 942. The van der Waals surface area contributed by atoms with Crippen LogP contribution in [0.3, 0.4) is 0 Å². The van der Waals surface area contributed by atoms with Crippen LogP contribution in [0.25, 0.3) is 32.2 Å². The fraction of sp³-hybridized carbons (Fsp3) is 0.0625. The SMILES string of the molecule is Cc1sc2ccccc2c2[nH+]c3ccccc3c1-2.[O-][Cl+3]([O-])([O-])[O-]. The van der Waals surface area contributed by atoms with Gasteiger partial charge in [-0.25, -0.2) is 23.6 Å². The summed E-state index contributed by atoms with van der Waals surface area (Å²) in [6, 6.07) is 17.1. The third-order valence-corrected chi connectivity index (χ3v) is 4.56. The number of aromatic amines is 1. The van der Waals surface area contributed by atoms with Crippen molar-refractivity contribution in [1.82, 2.24) is 0 Å². The monoisotopic (exact) mass is 349 g/mol. The first-order valence-electron chi connectivity index (χ1n) is 6.68. The van der Waals surface area contributed by atoms with Crippen LogP contribution in [-0.4, -0.2) is 0 Å². The number of benzene rings is 2. The molecule has 2 aromatic carbocycles. The number of halogens is 1. The lowest BCUT2D eigenvalue weighted by Gasteiger charge is -2.17. The Labute approximate surface area is 138 Å². The molecule has 0 aliphatic carbocycles. The molecular formula is C16H12ClNO4S. The molecular weight excluding hydrogens is 338 g/mol. The minimum atomic E-state index is -4.94. The molecule has 2 aromatic rings. The number of hydrogen-bond donors (Lipinski definition) is 0. The van der Waals surface area contributed by atoms with Crippen molar-refractivity contribution in [3.63, 3.8) is 0 Å². The van der Waals surface area contributed by atoms with E-state index in [1.165, 1.54) is 37.1 Å². The van der Waals surface area contributed by atoms with Crippen LogP contribution in [0.5, 0.6) is 0 Å². The predicted molar refractivity (Wildman–Crippen MR) is 77.2 cm³/mol. The highest BCUT2D eigenvalue weighted by atomic mass is 35.7. The van der Waals surface area contributed by atoms with Crippen molar-refractivity contribution in [3.8, 4) is 11.3 Å². The lowest BCUT2D eigenvalue weighted by atomic mass is 10.1. The first-order valence-corrected chi connectivity index (χ1v) is 8.73. The minimum Gasteiger partial charge on any atom is -0.222 e. The van der Waals surface area contributed by atoms with Gasteiger partial charge in [-0.15, -0.1) is 21.6 Å². The molecule has 4 rings (SSSR count). The summed E-state index contributed by atoms with van der Waals surface area (Å²) in [6.45, 7) is 2.21. The van der Waals surface area contributed by atoms with Crippen molar-refractivity contribution in [2.75, 3.05) is 0 Å². The number of aromatic nitrogens is 1. The van der Waals surface area contributed by atoms with Crippen LogP contribution in [-0.2, 0) is 0 Å². The largest absolute Gasteiger partial charge is 0.222 e. The summed E-state index contributed by atoms with van der Waals surface area (Å²) < 4.78 is 35.3. The van der Waals surface area contributed by atoms with Gasteiger partial charge in [-0.3, -0.25) is 0 Å². The zero-order chi connectivity index (χ0) is 16.6. The minimum absolute atomic E-state index is 1.22. The van der Waals surface area contributed by atoms with E-state index in [0.29, 0.717) is 0 Å². The van der Waals surface area contributed by atoms with Crippen molar-refractivity contribution in [3.05, 3.63) is 53.4 Å². The van der Waals surface area contributed by atoms with E-state index in [9.17, 15) is 0 Å². The Balaban J connectivity index is 0.000000276. The molecule has 23 heavy (non-hydrogen) atoms. The van der Waals surface area contributed by atoms with E-state index in [2.05, 4.69) is 60.4 Å². The Morgan fingerprint density at radius 3 is 2.13 bits per heavy atom. The number of fused-ring (bicyclic) bond motifs is 5. The van der Waals surface area contributed by atoms with Gasteiger partial charge in [0.15, 0.2) is 0 Å².